The SMILES string of the molecule is CSc1cccc(NCc2ccc(C)c(Cl)c2)c1. The van der Waals surface area contributed by atoms with Crippen molar-refractivity contribution in [1.29, 1.82) is 0 Å². The summed E-state index contributed by atoms with van der Waals surface area (Å²) in [7, 11) is 0. The first-order chi connectivity index (χ1) is 8.69. The van der Waals surface area contributed by atoms with E-state index in [4.69, 9.17) is 11.6 Å². The van der Waals surface area contributed by atoms with E-state index in [9.17, 15) is 0 Å². The first kappa shape index (κ1) is 13.3. The molecule has 0 aliphatic heterocycles. The van der Waals surface area contributed by atoms with Gasteiger partial charge in [-0.3, -0.25) is 0 Å². The zero-order valence-electron chi connectivity index (χ0n) is 10.5. The summed E-state index contributed by atoms with van der Waals surface area (Å²) in [4.78, 5) is 1.27. The van der Waals surface area contributed by atoms with Crippen molar-refractivity contribution in [1.82, 2.24) is 0 Å². The van der Waals surface area contributed by atoms with Crippen LogP contribution in [0.5, 0.6) is 0 Å². The van der Waals surface area contributed by atoms with Gasteiger partial charge in [0.2, 0.25) is 0 Å². The van der Waals surface area contributed by atoms with Crippen molar-refractivity contribution in [2.45, 2.75) is 18.4 Å². The second kappa shape index (κ2) is 6.17. The number of thioether (sulfide) groups is 1. The monoisotopic (exact) mass is 277 g/mol. The van der Waals surface area contributed by atoms with Crippen LogP contribution < -0.4 is 5.32 Å². The van der Waals surface area contributed by atoms with Crippen molar-refractivity contribution in [3.63, 3.8) is 0 Å². The minimum absolute atomic E-state index is 0.790. The minimum atomic E-state index is 0.790. The Morgan fingerprint density at radius 3 is 2.72 bits per heavy atom. The molecule has 2 rings (SSSR count). The van der Waals surface area contributed by atoms with Crippen LogP contribution in [0.1, 0.15) is 11.1 Å². The van der Waals surface area contributed by atoms with Crippen molar-refractivity contribution < 1.29 is 0 Å². The van der Waals surface area contributed by atoms with Gasteiger partial charge < -0.3 is 5.32 Å². The average Bonchev–Trinajstić information content (AvgIpc) is 2.40. The van der Waals surface area contributed by atoms with E-state index in [0.717, 1.165) is 22.8 Å². The second-order valence-corrected chi connectivity index (χ2v) is 5.46. The molecule has 0 spiro atoms. The zero-order valence-corrected chi connectivity index (χ0v) is 12.1. The summed E-state index contributed by atoms with van der Waals surface area (Å²) in [6.07, 6.45) is 2.08. The second-order valence-electron chi connectivity index (χ2n) is 4.17. The molecular formula is C15H16ClNS. The molecule has 0 unspecified atom stereocenters. The summed E-state index contributed by atoms with van der Waals surface area (Å²) in [5.41, 5.74) is 3.45. The lowest BCUT2D eigenvalue weighted by atomic mass is 10.1. The standard InChI is InChI=1S/C15H16ClNS/c1-11-6-7-12(8-15(11)16)10-17-13-4-3-5-14(9-13)18-2/h3-9,17H,10H2,1-2H3. The Kier molecular flexibility index (Phi) is 4.56. The maximum Gasteiger partial charge on any atom is 0.0438 e. The third kappa shape index (κ3) is 3.44. The molecule has 0 aromatic heterocycles. The molecular weight excluding hydrogens is 262 g/mol. The molecule has 0 radical (unpaired) electrons. The number of rotatable bonds is 4. The minimum Gasteiger partial charge on any atom is -0.381 e. The molecule has 0 saturated carbocycles. The zero-order chi connectivity index (χ0) is 13.0. The van der Waals surface area contributed by atoms with Gasteiger partial charge in [0, 0.05) is 22.2 Å². The van der Waals surface area contributed by atoms with Crippen LogP contribution in [0.2, 0.25) is 5.02 Å². The predicted octanol–water partition coefficient (Wildman–Crippen LogP) is 4.98. The third-order valence-electron chi connectivity index (χ3n) is 2.80. The molecule has 0 aliphatic rings. The molecule has 2 aromatic carbocycles. The van der Waals surface area contributed by atoms with Gasteiger partial charge in [-0.2, -0.15) is 0 Å². The number of hydrogen-bond donors (Lipinski definition) is 1. The fourth-order valence-electron chi connectivity index (χ4n) is 1.68. The van der Waals surface area contributed by atoms with Crippen LogP contribution in [0.15, 0.2) is 47.4 Å². The van der Waals surface area contributed by atoms with E-state index in [-0.39, 0.29) is 0 Å². The molecule has 18 heavy (non-hydrogen) atoms. The lowest BCUT2D eigenvalue weighted by Crippen LogP contribution is -1.99. The summed E-state index contributed by atoms with van der Waals surface area (Å²) in [6, 6.07) is 14.6. The van der Waals surface area contributed by atoms with E-state index in [1.807, 2.05) is 13.0 Å². The first-order valence-corrected chi connectivity index (χ1v) is 7.42. The smallest absolute Gasteiger partial charge is 0.0438 e. The molecule has 0 aliphatic carbocycles. The fourth-order valence-corrected chi connectivity index (χ4v) is 2.35. The van der Waals surface area contributed by atoms with Crippen LogP contribution in [-0.2, 0) is 6.54 Å². The van der Waals surface area contributed by atoms with E-state index in [1.54, 1.807) is 11.8 Å². The summed E-state index contributed by atoms with van der Waals surface area (Å²) >= 11 is 7.86. The molecule has 0 amide bonds. The molecule has 1 N–H and O–H groups in total. The third-order valence-corrected chi connectivity index (χ3v) is 3.94. The summed E-state index contributed by atoms with van der Waals surface area (Å²) < 4.78 is 0. The number of nitrogens with one attached hydrogen (secondary N) is 1. The highest BCUT2D eigenvalue weighted by atomic mass is 35.5. The van der Waals surface area contributed by atoms with Gasteiger partial charge in [0.1, 0.15) is 0 Å². The quantitative estimate of drug-likeness (QED) is 0.791. The molecule has 1 nitrogen and oxygen atoms in total. The van der Waals surface area contributed by atoms with Gasteiger partial charge in [-0.1, -0.05) is 29.8 Å². The highest BCUT2D eigenvalue weighted by Crippen LogP contribution is 2.21. The molecule has 0 bridgehead atoms. The van der Waals surface area contributed by atoms with E-state index in [2.05, 4.69) is 48.0 Å². The van der Waals surface area contributed by atoms with Gasteiger partial charge in [-0.05, 0) is 48.6 Å². The summed E-state index contributed by atoms with van der Waals surface area (Å²) in [5, 5.41) is 4.24. The molecule has 0 fully saturated rings. The van der Waals surface area contributed by atoms with Gasteiger partial charge in [0.15, 0.2) is 0 Å². The lowest BCUT2D eigenvalue weighted by Gasteiger charge is -2.08. The maximum atomic E-state index is 6.11. The Labute approximate surface area is 118 Å². The molecule has 2 aromatic rings. The lowest BCUT2D eigenvalue weighted by molar-refractivity contribution is 1.14. The van der Waals surface area contributed by atoms with Gasteiger partial charge in [0.25, 0.3) is 0 Å². The Hall–Kier alpha value is -1.12. The number of hydrogen-bond acceptors (Lipinski definition) is 2. The Morgan fingerprint density at radius 2 is 2.00 bits per heavy atom. The Bertz CT molecular complexity index is 540. The molecule has 0 heterocycles. The van der Waals surface area contributed by atoms with Gasteiger partial charge >= 0.3 is 0 Å². The highest BCUT2D eigenvalue weighted by molar-refractivity contribution is 7.98. The van der Waals surface area contributed by atoms with E-state index in [0.29, 0.717) is 0 Å². The highest BCUT2D eigenvalue weighted by Gasteiger charge is 1.99. The van der Waals surface area contributed by atoms with Crippen molar-refractivity contribution in [2.75, 3.05) is 11.6 Å². The largest absolute Gasteiger partial charge is 0.381 e. The van der Waals surface area contributed by atoms with Crippen LogP contribution in [0, 0.1) is 6.92 Å². The van der Waals surface area contributed by atoms with E-state index >= 15 is 0 Å². The van der Waals surface area contributed by atoms with Crippen LogP contribution >= 0.6 is 23.4 Å². The van der Waals surface area contributed by atoms with Crippen molar-refractivity contribution in [3.8, 4) is 0 Å². The normalized spacial score (nSPS) is 10.4. The topological polar surface area (TPSA) is 12.0 Å². The van der Waals surface area contributed by atoms with Gasteiger partial charge in [0.05, 0.1) is 0 Å². The van der Waals surface area contributed by atoms with Crippen molar-refractivity contribution >= 4 is 29.1 Å². The van der Waals surface area contributed by atoms with E-state index < -0.39 is 0 Å². The van der Waals surface area contributed by atoms with Crippen LogP contribution in [-0.4, -0.2) is 6.26 Å². The van der Waals surface area contributed by atoms with Gasteiger partial charge in [-0.15, -0.1) is 11.8 Å². The summed E-state index contributed by atoms with van der Waals surface area (Å²) in [5.74, 6) is 0. The van der Waals surface area contributed by atoms with Crippen molar-refractivity contribution in [3.05, 3.63) is 58.6 Å². The van der Waals surface area contributed by atoms with Gasteiger partial charge in [-0.25, -0.2) is 0 Å². The molecule has 0 atom stereocenters. The van der Waals surface area contributed by atoms with Crippen molar-refractivity contribution in [2.24, 2.45) is 0 Å². The Morgan fingerprint density at radius 1 is 1.17 bits per heavy atom. The number of benzene rings is 2. The number of aryl methyl sites for hydroxylation is 1. The number of halogens is 1. The number of anilines is 1. The van der Waals surface area contributed by atoms with Crippen LogP contribution in [0.4, 0.5) is 5.69 Å². The Balaban J connectivity index is 2.04. The van der Waals surface area contributed by atoms with Crippen LogP contribution in [0.25, 0.3) is 0 Å². The average molecular weight is 278 g/mol. The fraction of sp³-hybridized carbons (Fsp3) is 0.200. The predicted molar refractivity (Wildman–Crippen MR) is 81.7 cm³/mol. The van der Waals surface area contributed by atoms with Crippen LogP contribution in [0.3, 0.4) is 0 Å². The first-order valence-electron chi connectivity index (χ1n) is 5.82. The molecule has 0 saturated heterocycles. The molecule has 94 valence electrons. The van der Waals surface area contributed by atoms with E-state index in [1.165, 1.54) is 10.5 Å². The molecule has 3 heteroatoms. The maximum absolute atomic E-state index is 6.11. The summed E-state index contributed by atoms with van der Waals surface area (Å²) in [6.45, 7) is 2.80.